The van der Waals surface area contributed by atoms with Crippen LogP contribution in [-0.2, 0) is 16.1 Å². The molecule has 5 atom stereocenters. The highest BCUT2D eigenvalue weighted by Crippen LogP contribution is 2.37. The van der Waals surface area contributed by atoms with Crippen molar-refractivity contribution in [2.45, 2.75) is 37.3 Å². The lowest BCUT2D eigenvalue weighted by Gasteiger charge is -2.39. The van der Waals surface area contributed by atoms with Crippen LogP contribution in [0.3, 0.4) is 0 Å². The van der Waals surface area contributed by atoms with Gasteiger partial charge in [0.2, 0.25) is 6.29 Å². The van der Waals surface area contributed by atoms with Crippen molar-refractivity contribution >= 4 is 5.97 Å². The second kappa shape index (κ2) is 10.1. The van der Waals surface area contributed by atoms with Crippen molar-refractivity contribution in [1.29, 1.82) is 0 Å². The predicted molar refractivity (Wildman–Crippen MR) is 108 cm³/mol. The third kappa shape index (κ3) is 5.05. The van der Waals surface area contributed by atoms with Gasteiger partial charge < -0.3 is 54.7 Å². The first-order chi connectivity index (χ1) is 15.7. The van der Waals surface area contributed by atoms with Crippen LogP contribution in [0.15, 0.2) is 30.3 Å². The Hall–Kier alpha value is -3.29. The molecule has 12 heteroatoms. The molecule has 0 saturated carbocycles. The van der Waals surface area contributed by atoms with Gasteiger partial charge in [0.15, 0.2) is 11.5 Å². The quantitative estimate of drug-likeness (QED) is 0.201. The smallest absolute Gasteiger partial charge is 0.346 e. The normalized spacial score (nSPS) is 24.8. The van der Waals surface area contributed by atoms with Crippen molar-refractivity contribution in [2.75, 3.05) is 13.7 Å². The van der Waals surface area contributed by atoms with Gasteiger partial charge >= 0.3 is 5.97 Å². The lowest BCUT2D eigenvalue weighted by molar-refractivity contribution is -0.277. The van der Waals surface area contributed by atoms with Crippen molar-refractivity contribution in [1.82, 2.24) is 0 Å². The third-order valence-corrected chi connectivity index (χ3v) is 5.02. The summed E-state index contributed by atoms with van der Waals surface area (Å²) in [5, 5.41) is 68.9. The van der Waals surface area contributed by atoms with Crippen LogP contribution in [0.5, 0.6) is 28.7 Å². The summed E-state index contributed by atoms with van der Waals surface area (Å²) in [5.74, 6) is -2.47. The van der Waals surface area contributed by atoms with Gasteiger partial charge in [0, 0.05) is 5.56 Å². The zero-order valence-corrected chi connectivity index (χ0v) is 17.4. The second-order valence-electron chi connectivity index (χ2n) is 7.20. The lowest BCUT2D eigenvalue weighted by Crippen LogP contribution is -2.60. The topological polar surface area (TPSA) is 196 Å². The lowest BCUT2D eigenvalue weighted by atomic mass is 9.99. The molecule has 2 aromatic rings. The van der Waals surface area contributed by atoms with Gasteiger partial charge in [-0.2, -0.15) is 0 Å². The number of carbonyl (C=O) groups excluding carboxylic acids is 1. The van der Waals surface area contributed by atoms with E-state index in [1.54, 1.807) is 0 Å². The Morgan fingerprint density at radius 3 is 2.36 bits per heavy atom. The van der Waals surface area contributed by atoms with Crippen LogP contribution in [0.2, 0.25) is 0 Å². The zero-order valence-electron chi connectivity index (χ0n) is 17.4. The number of rotatable bonds is 7. The molecule has 12 nitrogen and oxygen atoms in total. The van der Waals surface area contributed by atoms with Gasteiger partial charge in [-0.3, -0.25) is 0 Å². The molecular formula is C21H24O12. The maximum Gasteiger partial charge on any atom is 0.346 e. The van der Waals surface area contributed by atoms with Crippen molar-refractivity contribution in [3.05, 3.63) is 41.5 Å². The monoisotopic (exact) mass is 468 g/mol. The molecule has 0 aromatic heterocycles. The van der Waals surface area contributed by atoms with Crippen molar-refractivity contribution in [3.8, 4) is 28.7 Å². The van der Waals surface area contributed by atoms with Gasteiger partial charge in [-0.05, 0) is 30.3 Å². The van der Waals surface area contributed by atoms with Gasteiger partial charge in [-0.25, -0.2) is 4.79 Å². The summed E-state index contributed by atoms with van der Waals surface area (Å²) in [5.41, 5.74) is -0.312. The minimum absolute atomic E-state index is 0.0166. The Morgan fingerprint density at radius 1 is 1.00 bits per heavy atom. The van der Waals surface area contributed by atoms with Crippen molar-refractivity contribution < 1.29 is 59.5 Å². The van der Waals surface area contributed by atoms with Crippen LogP contribution in [0.1, 0.15) is 15.9 Å². The van der Waals surface area contributed by atoms with E-state index in [2.05, 4.69) is 0 Å². The van der Waals surface area contributed by atoms with Crippen molar-refractivity contribution in [3.63, 3.8) is 0 Å². The second-order valence-corrected chi connectivity index (χ2v) is 7.20. The number of hydrogen-bond donors (Lipinski definition) is 7. The van der Waals surface area contributed by atoms with Crippen LogP contribution < -0.4 is 9.47 Å². The van der Waals surface area contributed by atoms with Gasteiger partial charge in [0.1, 0.15) is 53.8 Å². The highest BCUT2D eigenvalue weighted by atomic mass is 16.7. The predicted octanol–water partition coefficient (Wildman–Crippen LogP) is -0.652. The summed E-state index contributed by atoms with van der Waals surface area (Å²) in [6.07, 6.45) is -7.63. The molecule has 7 N–H and O–H groups in total. The summed E-state index contributed by atoms with van der Waals surface area (Å²) in [4.78, 5) is 12.5. The molecule has 0 radical (unpaired) electrons. The largest absolute Gasteiger partial charge is 0.508 e. The van der Waals surface area contributed by atoms with Gasteiger partial charge in [0.05, 0.1) is 13.7 Å². The van der Waals surface area contributed by atoms with E-state index in [1.165, 1.54) is 25.3 Å². The molecule has 3 rings (SSSR count). The molecule has 0 bridgehead atoms. The molecule has 33 heavy (non-hydrogen) atoms. The fourth-order valence-corrected chi connectivity index (χ4v) is 3.26. The summed E-state index contributed by atoms with van der Waals surface area (Å²) >= 11 is 0. The number of phenolic OH excluding ortho intramolecular Hbond substituents is 3. The average molecular weight is 468 g/mol. The van der Waals surface area contributed by atoms with E-state index in [0.717, 1.165) is 12.1 Å². The zero-order chi connectivity index (χ0) is 24.3. The van der Waals surface area contributed by atoms with E-state index >= 15 is 0 Å². The highest BCUT2D eigenvalue weighted by Gasteiger charge is 2.44. The number of aliphatic hydroxyl groups excluding tert-OH is 4. The molecule has 1 heterocycles. The molecule has 0 spiro atoms. The summed E-state index contributed by atoms with van der Waals surface area (Å²) in [6, 6.07) is 5.94. The Kier molecular flexibility index (Phi) is 7.46. The molecule has 0 unspecified atom stereocenters. The summed E-state index contributed by atoms with van der Waals surface area (Å²) in [6.45, 7) is -1.14. The molecular weight excluding hydrogens is 444 g/mol. The molecule has 2 aromatic carbocycles. The number of hydrogen-bond acceptors (Lipinski definition) is 12. The number of carbonyl (C=O) groups is 1. The number of ether oxygens (including phenoxy) is 4. The first-order valence-electron chi connectivity index (χ1n) is 9.73. The Labute approximate surface area is 187 Å². The summed E-state index contributed by atoms with van der Waals surface area (Å²) < 4.78 is 21.0. The first-order valence-corrected chi connectivity index (χ1v) is 9.73. The molecule has 1 aliphatic rings. The number of aliphatic hydroxyl groups is 4. The Morgan fingerprint density at radius 2 is 1.70 bits per heavy atom. The van der Waals surface area contributed by atoms with Gasteiger partial charge in [0.25, 0.3) is 0 Å². The van der Waals surface area contributed by atoms with Crippen LogP contribution in [0.25, 0.3) is 0 Å². The summed E-state index contributed by atoms with van der Waals surface area (Å²) in [7, 11) is 1.19. The fraction of sp³-hybridized carbons (Fsp3) is 0.381. The van der Waals surface area contributed by atoms with Gasteiger partial charge in [-0.1, -0.05) is 0 Å². The van der Waals surface area contributed by atoms with Crippen molar-refractivity contribution in [2.24, 2.45) is 0 Å². The first kappa shape index (κ1) is 24.4. The number of methoxy groups -OCH3 is 1. The molecule has 0 aliphatic carbocycles. The molecule has 1 aliphatic heterocycles. The number of phenols is 3. The van der Waals surface area contributed by atoms with Crippen LogP contribution in [0, 0.1) is 0 Å². The molecule has 1 saturated heterocycles. The third-order valence-electron chi connectivity index (χ3n) is 5.02. The standard InChI is InChI=1S/C21H24O12/c1-30-19-12(25)4-3-11(24)15(19)20(29)31-8-9-6-10(23)2-5-13(9)32-21-18(28)17(27)16(26)14(7-22)33-21/h2-6,14,16-18,21-28H,7-8H2,1H3/t14-,16-,17+,18-,21-/m1/s1. The van der Waals surface area contributed by atoms with Crippen LogP contribution in [-0.4, -0.2) is 86.1 Å². The van der Waals surface area contributed by atoms with Crippen LogP contribution in [0.4, 0.5) is 0 Å². The van der Waals surface area contributed by atoms with E-state index in [1.807, 2.05) is 0 Å². The molecule has 0 amide bonds. The van der Waals surface area contributed by atoms with E-state index in [4.69, 9.17) is 18.9 Å². The fourth-order valence-electron chi connectivity index (χ4n) is 3.26. The number of esters is 1. The molecule has 1 fully saturated rings. The van der Waals surface area contributed by atoms with E-state index in [9.17, 15) is 40.5 Å². The minimum Gasteiger partial charge on any atom is -0.508 e. The minimum atomic E-state index is -1.68. The number of benzene rings is 2. The SMILES string of the molecule is COc1c(O)ccc(O)c1C(=O)OCc1cc(O)ccc1O[C@@H]1O[C@H](CO)[C@@H](O)[C@H](O)[C@H]1O. The average Bonchev–Trinajstić information content (AvgIpc) is 2.80. The number of aromatic hydroxyl groups is 3. The van der Waals surface area contributed by atoms with Crippen LogP contribution >= 0.6 is 0 Å². The van der Waals surface area contributed by atoms with Gasteiger partial charge in [-0.15, -0.1) is 0 Å². The maximum atomic E-state index is 12.5. The Balaban J connectivity index is 1.80. The van der Waals surface area contributed by atoms with E-state index in [0.29, 0.717) is 0 Å². The van der Waals surface area contributed by atoms with E-state index < -0.39 is 67.0 Å². The molecule has 180 valence electrons. The maximum absolute atomic E-state index is 12.5. The van der Waals surface area contributed by atoms with E-state index in [-0.39, 0.29) is 22.8 Å². The Bertz CT molecular complexity index is 991. The highest BCUT2D eigenvalue weighted by molar-refractivity contribution is 5.96.